The maximum absolute atomic E-state index is 14.8. The van der Waals surface area contributed by atoms with Crippen LogP contribution in [0.1, 0.15) is 86.8 Å². The van der Waals surface area contributed by atoms with Gasteiger partial charge in [-0.2, -0.15) is 26.3 Å². The van der Waals surface area contributed by atoms with Gasteiger partial charge in [0.1, 0.15) is 17.7 Å². The van der Waals surface area contributed by atoms with Crippen LogP contribution < -0.4 is 4.74 Å². The predicted octanol–water partition coefficient (Wildman–Crippen LogP) is 9.37. The summed E-state index contributed by atoms with van der Waals surface area (Å²) in [6.45, 7) is 8.21. The van der Waals surface area contributed by atoms with Gasteiger partial charge in [-0.05, 0) is 80.4 Å². The maximum Gasteiger partial charge on any atom is 0.416 e. The zero-order chi connectivity index (χ0) is 31.4. The Morgan fingerprint density at radius 2 is 1.76 bits per heavy atom. The fraction of sp³-hybridized carbons (Fsp3) is 0.516. The number of benzene rings is 2. The summed E-state index contributed by atoms with van der Waals surface area (Å²) in [6.07, 6.45) is -9.30. The van der Waals surface area contributed by atoms with Crippen molar-refractivity contribution < 1.29 is 45.0 Å². The predicted molar refractivity (Wildman–Crippen MR) is 144 cm³/mol. The summed E-state index contributed by atoms with van der Waals surface area (Å²) in [6, 6.07) is 5.04. The third-order valence-corrected chi connectivity index (χ3v) is 8.28. The summed E-state index contributed by atoms with van der Waals surface area (Å²) in [5.74, 6) is -3.02. The first kappa shape index (κ1) is 31.7. The van der Waals surface area contributed by atoms with E-state index in [4.69, 9.17) is 9.47 Å². The van der Waals surface area contributed by atoms with Gasteiger partial charge < -0.3 is 9.47 Å². The molecule has 42 heavy (non-hydrogen) atoms. The second-order valence-corrected chi connectivity index (χ2v) is 12.1. The fourth-order valence-corrected chi connectivity index (χ4v) is 5.88. The number of rotatable bonds is 6. The van der Waals surface area contributed by atoms with Gasteiger partial charge in [0.15, 0.2) is 0 Å². The lowest BCUT2D eigenvalue weighted by Crippen LogP contribution is -2.35. The molecule has 230 valence electrons. The average molecular weight is 602 g/mol. The highest BCUT2D eigenvalue weighted by Crippen LogP contribution is 2.47. The topological polar surface area (TPSA) is 38.8 Å². The molecule has 2 aromatic carbocycles. The third kappa shape index (κ3) is 6.39. The molecule has 3 atom stereocenters. The molecule has 1 unspecified atom stereocenters. The molecule has 2 aromatic rings. The van der Waals surface area contributed by atoms with Crippen molar-refractivity contribution in [3.05, 3.63) is 69.5 Å². The molecule has 0 saturated carbocycles. The molecule has 1 saturated heterocycles. The normalized spacial score (nSPS) is 21.9. The van der Waals surface area contributed by atoms with E-state index in [-0.39, 0.29) is 23.3 Å². The molecule has 1 fully saturated rings. The van der Waals surface area contributed by atoms with Crippen LogP contribution in [-0.2, 0) is 10.9 Å². The minimum absolute atomic E-state index is 0.0396. The highest BCUT2D eigenvalue weighted by Gasteiger charge is 2.43. The van der Waals surface area contributed by atoms with Crippen LogP contribution in [0.2, 0.25) is 0 Å². The molecule has 4 rings (SSSR count). The van der Waals surface area contributed by atoms with Crippen LogP contribution in [-0.4, -0.2) is 36.9 Å². The van der Waals surface area contributed by atoms with Gasteiger partial charge in [0, 0.05) is 23.7 Å². The Kier molecular flexibility index (Phi) is 8.39. The van der Waals surface area contributed by atoms with Crippen LogP contribution in [0.25, 0.3) is 5.57 Å². The number of nitrogens with zero attached hydrogens (tertiary/aromatic N) is 1. The molecule has 11 heteroatoms. The molecule has 1 aliphatic heterocycles. The van der Waals surface area contributed by atoms with E-state index >= 15 is 0 Å². The van der Waals surface area contributed by atoms with Crippen molar-refractivity contribution in [1.29, 1.82) is 0 Å². The zero-order valence-corrected chi connectivity index (χ0v) is 24.3. The molecule has 2 aliphatic rings. The second kappa shape index (κ2) is 11.1. The van der Waals surface area contributed by atoms with Crippen LogP contribution >= 0.6 is 0 Å². The molecule has 1 amide bonds. The number of alkyl halides is 6. The van der Waals surface area contributed by atoms with Crippen molar-refractivity contribution >= 4 is 11.7 Å². The smallest absolute Gasteiger partial charge is 0.416 e. The lowest BCUT2D eigenvalue weighted by Gasteiger charge is -2.36. The van der Waals surface area contributed by atoms with Gasteiger partial charge in [0.25, 0.3) is 0 Å². The fourth-order valence-electron chi connectivity index (χ4n) is 5.88. The number of aryl methyl sites for hydroxylation is 1. The standard InChI is InChI=1S/C31H34F7NO3/c1-16-9-19(11-21(10-16)31(36,37)38)27-18(3)39(28(40)42-27)15-20-14-29(4,5)8-7-22(20)24-12-23(17(2)30(33,34)35)25(32)13-26(24)41-6/h9-13,17-18,27H,7-8,14-15H2,1-6H3/t17?,18-,27-/m0/s1. The summed E-state index contributed by atoms with van der Waals surface area (Å²) < 4.78 is 107. The van der Waals surface area contributed by atoms with Gasteiger partial charge in [-0.3, -0.25) is 4.90 Å². The van der Waals surface area contributed by atoms with Gasteiger partial charge in [-0.15, -0.1) is 0 Å². The van der Waals surface area contributed by atoms with E-state index < -0.39 is 53.5 Å². The summed E-state index contributed by atoms with van der Waals surface area (Å²) in [5.41, 5.74) is 0.739. The average Bonchev–Trinajstić information content (AvgIpc) is 3.15. The van der Waals surface area contributed by atoms with Crippen molar-refractivity contribution in [3.63, 3.8) is 0 Å². The van der Waals surface area contributed by atoms with Crippen molar-refractivity contribution in [1.82, 2.24) is 4.90 Å². The van der Waals surface area contributed by atoms with Crippen LogP contribution in [0.15, 0.2) is 35.9 Å². The number of allylic oxidation sites excluding steroid dienone is 1. The molecule has 0 radical (unpaired) electrons. The highest BCUT2D eigenvalue weighted by atomic mass is 19.4. The molecule has 4 nitrogen and oxygen atoms in total. The molecule has 0 aromatic heterocycles. The highest BCUT2D eigenvalue weighted by molar-refractivity contribution is 5.77. The molecule has 1 heterocycles. The van der Waals surface area contributed by atoms with E-state index in [0.717, 1.165) is 30.7 Å². The Morgan fingerprint density at radius 1 is 1.10 bits per heavy atom. The summed E-state index contributed by atoms with van der Waals surface area (Å²) in [4.78, 5) is 14.5. The number of hydrogen-bond donors (Lipinski definition) is 0. The van der Waals surface area contributed by atoms with Crippen molar-refractivity contribution in [2.45, 2.75) is 84.3 Å². The van der Waals surface area contributed by atoms with E-state index in [1.165, 1.54) is 25.0 Å². The maximum atomic E-state index is 14.8. The van der Waals surface area contributed by atoms with Crippen molar-refractivity contribution in [2.75, 3.05) is 13.7 Å². The lowest BCUT2D eigenvalue weighted by molar-refractivity contribution is -0.146. The first-order chi connectivity index (χ1) is 19.3. The van der Waals surface area contributed by atoms with Gasteiger partial charge in [-0.25, -0.2) is 9.18 Å². The van der Waals surface area contributed by atoms with E-state index in [0.29, 0.717) is 36.0 Å². The number of methoxy groups -OCH3 is 1. The minimum atomic E-state index is -4.66. The monoisotopic (exact) mass is 601 g/mol. The second-order valence-electron chi connectivity index (χ2n) is 12.1. The molecular weight excluding hydrogens is 567 g/mol. The number of carbonyl (C=O) groups is 1. The van der Waals surface area contributed by atoms with E-state index in [2.05, 4.69) is 0 Å². The van der Waals surface area contributed by atoms with E-state index in [1.807, 2.05) is 13.8 Å². The molecule has 0 bridgehead atoms. The Bertz CT molecular complexity index is 1390. The zero-order valence-electron chi connectivity index (χ0n) is 24.3. The Labute approximate surface area is 240 Å². The lowest BCUT2D eigenvalue weighted by atomic mass is 9.72. The van der Waals surface area contributed by atoms with Crippen molar-refractivity contribution in [3.8, 4) is 5.75 Å². The molecular formula is C31H34F7NO3. The first-order valence-electron chi connectivity index (χ1n) is 13.6. The molecule has 1 aliphatic carbocycles. The third-order valence-electron chi connectivity index (χ3n) is 8.28. The minimum Gasteiger partial charge on any atom is -0.496 e. The number of carbonyl (C=O) groups excluding carboxylic acids is 1. The van der Waals surface area contributed by atoms with Gasteiger partial charge in [0.05, 0.1) is 24.6 Å². The van der Waals surface area contributed by atoms with Crippen LogP contribution in [0.3, 0.4) is 0 Å². The number of halogens is 7. The van der Waals surface area contributed by atoms with Crippen molar-refractivity contribution in [2.24, 2.45) is 5.41 Å². The Morgan fingerprint density at radius 3 is 2.36 bits per heavy atom. The number of amides is 1. The first-order valence-corrected chi connectivity index (χ1v) is 13.6. The summed E-state index contributed by atoms with van der Waals surface area (Å²) in [5, 5.41) is 0. The summed E-state index contributed by atoms with van der Waals surface area (Å²) >= 11 is 0. The van der Waals surface area contributed by atoms with E-state index in [1.54, 1.807) is 13.0 Å². The number of hydrogen-bond acceptors (Lipinski definition) is 3. The quantitative estimate of drug-likeness (QED) is 0.310. The van der Waals surface area contributed by atoms with Gasteiger partial charge in [-0.1, -0.05) is 25.5 Å². The molecule has 0 spiro atoms. The van der Waals surface area contributed by atoms with Crippen LogP contribution in [0, 0.1) is 18.2 Å². The summed E-state index contributed by atoms with van der Waals surface area (Å²) in [7, 11) is 1.31. The van der Waals surface area contributed by atoms with Gasteiger partial charge >= 0.3 is 18.4 Å². The Hall–Kier alpha value is -3.24. The molecule has 0 N–H and O–H groups in total. The van der Waals surface area contributed by atoms with E-state index in [9.17, 15) is 35.5 Å². The van der Waals surface area contributed by atoms with Crippen LogP contribution in [0.5, 0.6) is 5.75 Å². The van der Waals surface area contributed by atoms with Gasteiger partial charge in [0.2, 0.25) is 0 Å². The largest absolute Gasteiger partial charge is 0.496 e. The number of ether oxygens (including phenoxy) is 2. The Balaban J connectivity index is 1.76. The van der Waals surface area contributed by atoms with Crippen LogP contribution in [0.4, 0.5) is 35.5 Å². The number of cyclic esters (lactones) is 1. The SMILES string of the molecule is COc1cc(F)c(C(C)C(F)(F)F)cc1C1=C(CN2C(=O)O[C@H](c3cc(C)cc(C(F)(F)F)c3)[C@@H]2C)CC(C)(C)CC1.